The molecule has 1 heterocycles. The molecule has 5 nitrogen and oxygen atoms in total. The van der Waals surface area contributed by atoms with Crippen LogP contribution < -0.4 is 0 Å². The summed E-state index contributed by atoms with van der Waals surface area (Å²) in [5.74, 6) is 0. The first kappa shape index (κ1) is 23.9. The topological polar surface area (TPSA) is 46.2 Å². The lowest BCUT2D eigenvalue weighted by molar-refractivity contribution is -0.0960. The van der Waals surface area contributed by atoms with E-state index in [0.29, 0.717) is 52.9 Å². The molecule has 0 N–H and O–H groups in total. The van der Waals surface area contributed by atoms with E-state index >= 15 is 0 Å². The van der Waals surface area contributed by atoms with Gasteiger partial charge in [-0.1, -0.05) is 84.9 Å². The van der Waals surface area contributed by atoms with E-state index in [1.165, 1.54) is 10.8 Å². The van der Waals surface area contributed by atoms with Gasteiger partial charge < -0.3 is 23.7 Å². The Balaban J connectivity index is 1.57. The molecule has 5 heteroatoms. The number of ether oxygens (including phenoxy) is 5. The quantitative estimate of drug-likeness (QED) is 0.365. The predicted octanol–water partition coefficient (Wildman–Crippen LogP) is 5.87. The summed E-state index contributed by atoms with van der Waals surface area (Å²) < 4.78 is 30.3. The van der Waals surface area contributed by atoms with Crippen molar-refractivity contribution in [1.82, 2.24) is 0 Å². The van der Waals surface area contributed by atoms with Gasteiger partial charge in [-0.25, -0.2) is 0 Å². The third-order valence-electron chi connectivity index (χ3n) is 6.33. The molecule has 0 saturated carbocycles. The molecular formula is C30H32O5. The van der Waals surface area contributed by atoms with Gasteiger partial charge in [-0.3, -0.25) is 0 Å². The van der Waals surface area contributed by atoms with Gasteiger partial charge in [0.25, 0.3) is 0 Å². The van der Waals surface area contributed by atoms with E-state index in [4.69, 9.17) is 23.7 Å². The third kappa shape index (κ3) is 5.89. The summed E-state index contributed by atoms with van der Waals surface area (Å²) in [6.07, 6.45) is -0.645. The molecule has 0 spiro atoms. The van der Waals surface area contributed by atoms with Crippen LogP contribution in [0.4, 0.5) is 0 Å². The van der Waals surface area contributed by atoms with Crippen LogP contribution in [-0.4, -0.2) is 52.9 Å². The summed E-state index contributed by atoms with van der Waals surface area (Å²) >= 11 is 0. The van der Waals surface area contributed by atoms with Gasteiger partial charge >= 0.3 is 0 Å². The molecule has 0 radical (unpaired) electrons. The fourth-order valence-electron chi connectivity index (χ4n) is 4.69. The smallest absolute Gasteiger partial charge is 0.114 e. The average molecular weight is 473 g/mol. The lowest BCUT2D eigenvalue weighted by atomic mass is 9.91. The van der Waals surface area contributed by atoms with Crippen LogP contribution in [0.3, 0.4) is 0 Å². The highest BCUT2D eigenvalue weighted by atomic mass is 16.6. The Morgan fingerprint density at radius 3 is 1.23 bits per heavy atom. The van der Waals surface area contributed by atoms with E-state index in [0.717, 1.165) is 21.9 Å². The Bertz CT molecular complexity index is 1120. The molecule has 4 aromatic carbocycles. The van der Waals surface area contributed by atoms with Crippen molar-refractivity contribution in [1.29, 1.82) is 0 Å². The van der Waals surface area contributed by atoms with Gasteiger partial charge in [0.15, 0.2) is 0 Å². The minimum atomic E-state index is -0.322. The standard InChI is InChI=1S/C30H32O5/c1-3-11-25-23(7-1)9-5-13-27(25)29-30(28-14-6-10-24-8-2-4-12-26(24)28)35-22-20-33-18-16-31-15-17-32-19-21-34-29/h1-14,29-30H,15-22H2/t29-,30-/m0/s1. The predicted molar refractivity (Wildman–Crippen MR) is 138 cm³/mol. The Kier molecular flexibility index (Phi) is 8.37. The second kappa shape index (κ2) is 12.2. The Labute approximate surface area is 206 Å². The maximum absolute atomic E-state index is 6.60. The van der Waals surface area contributed by atoms with Crippen LogP contribution in [0, 0.1) is 0 Å². The summed E-state index contributed by atoms with van der Waals surface area (Å²) in [6.45, 7) is 4.05. The Morgan fingerprint density at radius 2 is 0.771 bits per heavy atom. The van der Waals surface area contributed by atoms with Crippen molar-refractivity contribution in [3.8, 4) is 0 Å². The molecule has 1 aliphatic rings. The molecule has 182 valence electrons. The van der Waals surface area contributed by atoms with Crippen molar-refractivity contribution in [2.45, 2.75) is 12.2 Å². The number of hydrogen-bond donors (Lipinski definition) is 0. The monoisotopic (exact) mass is 472 g/mol. The van der Waals surface area contributed by atoms with Crippen LogP contribution in [0.2, 0.25) is 0 Å². The second-order valence-electron chi connectivity index (χ2n) is 8.56. The highest BCUT2D eigenvalue weighted by Gasteiger charge is 2.29. The van der Waals surface area contributed by atoms with Gasteiger partial charge in [0, 0.05) is 0 Å². The SMILES string of the molecule is c1ccc2c([C@@H]3OCCOCCOCCOCCO[C@H]3c3cccc4ccccc34)cccc2c1. The van der Waals surface area contributed by atoms with Crippen molar-refractivity contribution in [2.75, 3.05) is 52.9 Å². The molecule has 0 aliphatic carbocycles. The number of fused-ring (bicyclic) bond motifs is 2. The van der Waals surface area contributed by atoms with Crippen molar-refractivity contribution in [3.05, 3.63) is 96.1 Å². The van der Waals surface area contributed by atoms with E-state index in [1.54, 1.807) is 0 Å². The molecule has 0 aromatic heterocycles. The normalized spacial score (nSPS) is 21.4. The fraction of sp³-hybridized carbons (Fsp3) is 0.333. The van der Waals surface area contributed by atoms with Gasteiger partial charge in [-0.2, -0.15) is 0 Å². The minimum Gasteiger partial charge on any atom is -0.377 e. The molecule has 4 aromatic rings. The van der Waals surface area contributed by atoms with E-state index in [1.807, 2.05) is 0 Å². The molecule has 1 aliphatic heterocycles. The molecule has 0 unspecified atom stereocenters. The van der Waals surface area contributed by atoms with Crippen LogP contribution in [0.5, 0.6) is 0 Å². The molecule has 0 bridgehead atoms. The lowest BCUT2D eigenvalue weighted by Gasteiger charge is -2.30. The van der Waals surface area contributed by atoms with Gasteiger partial charge in [-0.15, -0.1) is 0 Å². The molecule has 2 atom stereocenters. The largest absolute Gasteiger partial charge is 0.377 e. The molecule has 1 fully saturated rings. The summed E-state index contributed by atoms with van der Waals surface area (Å²) in [4.78, 5) is 0. The zero-order valence-electron chi connectivity index (χ0n) is 19.9. The first-order valence-electron chi connectivity index (χ1n) is 12.3. The number of rotatable bonds is 2. The Morgan fingerprint density at radius 1 is 0.400 bits per heavy atom. The van der Waals surface area contributed by atoms with Crippen LogP contribution in [0.15, 0.2) is 84.9 Å². The molecule has 5 rings (SSSR count). The van der Waals surface area contributed by atoms with Gasteiger partial charge in [0.1, 0.15) is 12.2 Å². The average Bonchev–Trinajstić information content (AvgIpc) is 2.92. The third-order valence-corrected chi connectivity index (χ3v) is 6.33. The zero-order chi connectivity index (χ0) is 23.7. The van der Waals surface area contributed by atoms with Gasteiger partial charge in [-0.05, 0) is 32.7 Å². The van der Waals surface area contributed by atoms with Crippen LogP contribution in [-0.2, 0) is 23.7 Å². The van der Waals surface area contributed by atoms with Crippen LogP contribution in [0.1, 0.15) is 23.3 Å². The number of benzene rings is 4. The molecular weight excluding hydrogens is 440 g/mol. The van der Waals surface area contributed by atoms with E-state index in [9.17, 15) is 0 Å². The van der Waals surface area contributed by atoms with E-state index in [2.05, 4.69) is 84.9 Å². The maximum Gasteiger partial charge on any atom is 0.114 e. The summed E-state index contributed by atoms with van der Waals surface area (Å²) in [5, 5.41) is 4.69. The Hall–Kier alpha value is -2.80. The van der Waals surface area contributed by atoms with Crippen molar-refractivity contribution < 1.29 is 23.7 Å². The van der Waals surface area contributed by atoms with E-state index in [-0.39, 0.29) is 12.2 Å². The van der Waals surface area contributed by atoms with Crippen LogP contribution >= 0.6 is 0 Å². The van der Waals surface area contributed by atoms with E-state index < -0.39 is 0 Å². The molecule has 1 saturated heterocycles. The van der Waals surface area contributed by atoms with Crippen molar-refractivity contribution >= 4 is 21.5 Å². The maximum atomic E-state index is 6.60. The van der Waals surface area contributed by atoms with Gasteiger partial charge in [0.05, 0.1) is 52.9 Å². The van der Waals surface area contributed by atoms with Crippen molar-refractivity contribution in [3.63, 3.8) is 0 Å². The first-order chi connectivity index (χ1) is 17.4. The lowest BCUT2D eigenvalue weighted by Crippen LogP contribution is -2.22. The number of hydrogen-bond acceptors (Lipinski definition) is 5. The summed E-state index contributed by atoms with van der Waals surface area (Å²) in [7, 11) is 0. The highest BCUT2D eigenvalue weighted by molar-refractivity contribution is 5.87. The van der Waals surface area contributed by atoms with Crippen molar-refractivity contribution in [2.24, 2.45) is 0 Å². The molecule has 0 amide bonds. The first-order valence-corrected chi connectivity index (χ1v) is 12.3. The minimum absolute atomic E-state index is 0.322. The molecule has 35 heavy (non-hydrogen) atoms. The summed E-state index contributed by atoms with van der Waals surface area (Å²) in [5.41, 5.74) is 2.21. The second-order valence-corrected chi connectivity index (χ2v) is 8.56. The van der Waals surface area contributed by atoms with Gasteiger partial charge in [0.2, 0.25) is 0 Å². The zero-order valence-corrected chi connectivity index (χ0v) is 19.9. The van der Waals surface area contributed by atoms with Crippen LogP contribution in [0.25, 0.3) is 21.5 Å². The highest BCUT2D eigenvalue weighted by Crippen LogP contribution is 2.40. The summed E-state index contributed by atoms with van der Waals surface area (Å²) in [6, 6.07) is 29.6. The fourth-order valence-corrected chi connectivity index (χ4v) is 4.69.